The Morgan fingerprint density at radius 1 is 0.583 bits per heavy atom. The van der Waals surface area contributed by atoms with Crippen molar-refractivity contribution in [2.75, 3.05) is 13.2 Å². The summed E-state index contributed by atoms with van der Waals surface area (Å²) in [4.78, 5) is 26.6. The van der Waals surface area contributed by atoms with Crippen LogP contribution in [0.2, 0.25) is 0 Å². The molecule has 0 unspecified atom stereocenters. The van der Waals surface area contributed by atoms with Crippen LogP contribution >= 0.6 is 0 Å². The van der Waals surface area contributed by atoms with Gasteiger partial charge < -0.3 is 9.47 Å². The molecule has 0 fully saturated rings. The molecule has 0 spiro atoms. The van der Waals surface area contributed by atoms with E-state index in [1.165, 1.54) is 44.2 Å². The Kier molecular flexibility index (Phi) is 7.82. The molecule has 0 N–H and O–H groups in total. The molecule has 0 amide bonds. The maximum absolute atomic E-state index is 13.3. The summed E-state index contributed by atoms with van der Waals surface area (Å²) in [5, 5.41) is 2.67. The zero-order chi connectivity index (χ0) is 26.0. The zero-order valence-corrected chi connectivity index (χ0v) is 22.6. The van der Waals surface area contributed by atoms with Crippen molar-refractivity contribution < 1.29 is 19.1 Å². The summed E-state index contributed by atoms with van der Waals surface area (Å²) in [5.74, 6) is -0.853. The van der Waals surface area contributed by atoms with Gasteiger partial charge in [-0.3, -0.25) is 0 Å². The topological polar surface area (TPSA) is 52.6 Å². The van der Waals surface area contributed by atoms with Gasteiger partial charge in [0.2, 0.25) is 0 Å². The second kappa shape index (κ2) is 10.9. The van der Waals surface area contributed by atoms with Crippen LogP contribution in [-0.4, -0.2) is 25.2 Å². The van der Waals surface area contributed by atoms with Crippen molar-refractivity contribution in [3.63, 3.8) is 0 Å². The molecule has 4 nitrogen and oxygen atoms in total. The fraction of sp³-hybridized carbons (Fsp3) is 0.438. The van der Waals surface area contributed by atoms with Gasteiger partial charge in [-0.1, -0.05) is 52.0 Å². The first-order valence-corrected chi connectivity index (χ1v) is 13.5. The molecule has 0 heterocycles. The standard InChI is InChI=1S/C32H38O4/c1-7-19-23-15-13-14-16-24(23)20(8-2)26-18-28-22(10-4)30(32(34)36-12-6)29(31(33)35-11-5)21(9-3)27(28)17-25(19)26/h13-16H,7-12,17-18H2,1-6H3. The van der Waals surface area contributed by atoms with E-state index in [4.69, 9.17) is 9.47 Å². The van der Waals surface area contributed by atoms with Crippen molar-refractivity contribution >= 4 is 22.7 Å². The van der Waals surface area contributed by atoms with Crippen molar-refractivity contribution in [2.45, 2.75) is 80.1 Å². The van der Waals surface area contributed by atoms with Crippen LogP contribution in [0.4, 0.5) is 0 Å². The number of carbonyl (C=O) groups excluding carboxylic acids is 2. The Morgan fingerprint density at radius 2 is 0.917 bits per heavy atom. The van der Waals surface area contributed by atoms with Gasteiger partial charge in [-0.25, -0.2) is 9.59 Å². The van der Waals surface area contributed by atoms with E-state index < -0.39 is 11.9 Å². The fourth-order valence-electron chi connectivity index (χ4n) is 6.32. The number of esters is 2. The monoisotopic (exact) mass is 486 g/mol. The Hall–Kier alpha value is -3.14. The highest BCUT2D eigenvalue weighted by atomic mass is 16.5. The molecule has 36 heavy (non-hydrogen) atoms. The molecule has 1 aliphatic carbocycles. The molecular weight excluding hydrogens is 448 g/mol. The average molecular weight is 487 g/mol. The summed E-state index contributed by atoms with van der Waals surface area (Å²) >= 11 is 0. The van der Waals surface area contributed by atoms with Crippen LogP contribution in [0.15, 0.2) is 24.3 Å². The maximum atomic E-state index is 13.3. The van der Waals surface area contributed by atoms with Gasteiger partial charge in [0.25, 0.3) is 0 Å². The molecule has 1 aliphatic rings. The van der Waals surface area contributed by atoms with Crippen LogP contribution in [0.5, 0.6) is 0 Å². The van der Waals surface area contributed by atoms with Gasteiger partial charge in [0.05, 0.1) is 24.3 Å². The largest absolute Gasteiger partial charge is 0.462 e. The van der Waals surface area contributed by atoms with Gasteiger partial charge >= 0.3 is 11.9 Å². The summed E-state index contributed by atoms with van der Waals surface area (Å²) in [5.41, 5.74) is 10.7. The van der Waals surface area contributed by atoms with E-state index >= 15 is 0 Å². The van der Waals surface area contributed by atoms with E-state index in [1.807, 2.05) is 0 Å². The van der Waals surface area contributed by atoms with Crippen LogP contribution in [0.1, 0.15) is 107 Å². The zero-order valence-electron chi connectivity index (χ0n) is 22.6. The first kappa shape index (κ1) is 25.9. The predicted molar refractivity (Wildman–Crippen MR) is 145 cm³/mol. The number of hydrogen-bond acceptors (Lipinski definition) is 4. The van der Waals surface area contributed by atoms with Gasteiger partial charge in [0.1, 0.15) is 0 Å². The Bertz CT molecular complexity index is 1230. The van der Waals surface area contributed by atoms with E-state index in [9.17, 15) is 9.59 Å². The highest BCUT2D eigenvalue weighted by Crippen LogP contribution is 2.42. The SMILES string of the molecule is CCOC(=O)c1c(CC)c2c(c(CC)c1C(=O)OCC)Cc1c(c(CC)c3ccccc3c1CC)C2. The second-order valence-electron chi connectivity index (χ2n) is 9.33. The predicted octanol–water partition coefficient (Wildman–Crippen LogP) is 6.94. The Balaban J connectivity index is 2.10. The lowest BCUT2D eigenvalue weighted by Gasteiger charge is -2.32. The third-order valence-electron chi connectivity index (χ3n) is 7.70. The highest BCUT2D eigenvalue weighted by molar-refractivity contribution is 6.06. The lowest BCUT2D eigenvalue weighted by molar-refractivity contribution is 0.0476. The number of benzene rings is 3. The molecule has 0 saturated heterocycles. The number of carbonyl (C=O) groups is 2. The number of hydrogen-bond donors (Lipinski definition) is 0. The molecule has 0 bridgehead atoms. The number of rotatable bonds is 8. The van der Waals surface area contributed by atoms with Crippen LogP contribution in [0.3, 0.4) is 0 Å². The van der Waals surface area contributed by atoms with Gasteiger partial charge in [-0.05, 0) is 108 Å². The van der Waals surface area contributed by atoms with Crippen LogP contribution in [0, 0.1) is 0 Å². The first-order chi connectivity index (χ1) is 17.5. The minimum Gasteiger partial charge on any atom is -0.462 e. The molecule has 0 saturated carbocycles. The number of fused-ring (bicyclic) bond motifs is 3. The van der Waals surface area contributed by atoms with Crippen LogP contribution in [-0.2, 0) is 48.0 Å². The molecule has 0 aromatic heterocycles. The lowest BCUT2D eigenvalue weighted by atomic mass is 9.72. The van der Waals surface area contributed by atoms with E-state index in [2.05, 4.69) is 52.0 Å². The summed E-state index contributed by atoms with van der Waals surface area (Å²) in [6, 6.07) is 8.74. The molecule has 0 atom stereocenters. The average Bonchev–Trinajstić information content (AvgIpc) is 2.89. The van der Waals surface area contributed by atoms with E-state index in [0.717, 1.165) is 36.8 Å². The molecule has 4 heteroatoms. The van der Waals surface area contributed by atoms with Gasteiger partial charge in [0.15, 0.2) is 0 Å². The molecule has 4 rings (SSSR count). The van der Waals surface area contributed by atoms with Crippen molar-refractivity contribution in [1.29, 1.82) is 0 Å². The summed E-state index contributed by atoms with van der Waals surface area (Å²) < 4.78 is 11.0. The minimum atomic E-state index is -0.427. The smallest absolute Gasteiger partial charge is 0.339 e. The summed E-state index contributed by atoms with van der Waals surface area (Å²) in [6.45, 7) is 12.7. The van der Waals surface area contributed by atoms with E-state index in [-0.39, 0.29) is 13.2 Å². The third kappa shape index (κ3) is 4.11. The minimum absolute atomic E-state index is 0.261. The van der Waals surface area contributed by atoms with Gasteiger partial charge in [-0.2, -0.15) is 0 Å². The first-order valence-electron chi connectivity index (χ1n) is 13.5. The summed E-state index contributed by atoms with van der Waals surface area (Å²) in [6.07, 6.45) is 4.76. The van der Waals surface area contributed by atoms with E-state index in [1.54, 1.807) is 13.8 Å². The van der Waals surface area contributed by atoms with Crippen LogP contribution < -0.4 is 0 Å². The van der Waals surface area contributed by atoms with Crippen molar-refractivity contribution in [3.8, 4) is 0 Å². The van der Waals surface area contributed by atoms with Gasteiger partial charge in [-0.15, -0.1) is 0 Å². The Morgan fingerprint density at radius 3 is 1.22 bits per heavy atom. The second-order valence-corrected chi connectivity index (χ2v) is 9.33. The molecule has 0 radical (unpaired) electrons. The molecule has 0 aliphatic heterocycles. The normalized spacial score (nSPS) is 12.3. The van der Waals surface area contributed by atoms with Crippen LogP contribution in [0.25, 0.3) is 10.8 Å². The van der Waals surface area contributed by atoms with Gasteiger partial charge in [0, 0.05) is 0 Å². The summed E-state index contributed by atoms with van der Waals surface area (Å²) in [7, 11) is 0. The molecule has 3 aromatic carbocycles. The third-order valence-corrected chi connectivity index (χ3v) is 7.70. The molecular formula is C32H38O4. The quantitative estimate of drug-likeness (QED) is 0.253. The van der Waals surface area contributed by atoms with Crippen molar-refractivity contribution in [3.05, 3.63) is 79.9 Å². The van der Waals surface area contributed by atoms with E-state index in [0.29, 0.717) is 24.0 Å². The maximum Gasteiger partial charge on any atom is 0.339 e. The highest BCUT2D eigenvalue weighted by Gasteiger charge is 2.34. The molecule has 3 aromatic rings. The number of aryl methyl sites for hydroxylation is 2. The Labute approximate surface area is 215 Å². The molecule has 190 valence electrons. The number of ether oxygens (including phenoxy) is 2. The lowest BCUT2D eigenvalue weighted by Crippen LogP contribution is -2.25. The van der Waals surface area contributed by atoms with Crippen molar-refractivity contribution in [2.24, 2.45) is 0 Å². The van der Waals surface area contributed by atoms with Crippen molar-refractivity contribution in [1.82, 2.24) is 0 Å². The fourth-order valence-corrected chi connectivity index (χ4v) is 6.32.